The lowest BCUT2D eigenvalue weighted by Gasteiger charge is -2.43. The lowest BCUT2D eigenvalue weighted by Crippen LogP contribution is -2.45. The van der Waals surface area contributed by atoms with Crippen LogP contribution in [0.4, 0.5) is 4.39 Å². The maximum atomic E-state index is 15.1. The van der Waals surface area contributed by atoms with Gasteiger partial charge in [-0.25, -0.2) is 4.39 Å². The van der Waals surface area contributed by atoms with Gasteiger partial charge < -0.3 is 5.32 Å². The Labute approximate surface area is 174 Å². The summed E-state index contributed by atoms with van der Waals surface area (Å²) in [5.41, 5.74) is 4.63. The average Bonchev–Trinajstić information content (AvgIpc) is 2.94. The highest BCUT2D eigenvalue weighted by atomic mass is 35.5. The van der Waals surface area contributed by atoms with Crippen molar-refractivity contribution in [2.24, 2.45) is 5.41 Å². The maximum Gasteiger partial charge on any atom is 0.145 e. The Morgan fingerprint density at radius 3 is 2.50 bits per heavy atom. The number of nitrogens with one attached hydrogen (secondary N) is 1. The largest absolute Gasteiger partial charge is 0.312 e. The van der Waals surface area contributed by atoms with Crippen LogP contribution in [0.5, 0.6) is 0 Å². The van der Waals surface area contributed by atoms with E-state index in [4.69, 9.17) is 11.6 Å². The molecule has 1 saturated heterocycles. The van der Waals surface area contributed by atoms with Crippen molar-refractivity contribution in [3.05, 3.63) is 69.5 Å². The van der Waals surface area contributed by atoms with Crippen LogP contribution in [-0.4, -0.2) is 12.6 Å². The fraction of sp³-hybridized carbons (Fsp3) is 0.520. The quantitative estimate of drug-likeness (QED) is 0.585. The molecule has 3 heteroatoms. The topological polar surface area (TPSA) is 12.0 Å². The van der Waals surface area contributed by atoms with Crippen LogP contribution in [0.3, 0.4) is 0 Å². The standard InChI is InChI=1S/C25H33ClFN/c1-7-25(19-12-11-16(2)13-17(19)3)20(15-28-22(25)14-24(4,5)6)18-9-8-10-21(26)23(18)27/h8-13,20,22,28H,7,14-15H2,1-6H3/t20-,22+,25-/m1/s1. The van der Waals surface area contributed by atoms with Crippen molar-refractivity contribution >= 4 is 11.6 Å². The zero-order valence-electron chi connectivity index (χ0n) is 18.0. The number of rotatable bonds is 4. The Kier molecular flexibility index (Phi) is 5.94. The molecule has 1 aliphatic rings. The van der Waals surface area contributed by atoms with Gasteiger partial charge in [0, 0.05) is 23.9 Å². The first kappa shape index (κ1) is 21.3. The van der Waals surface area contributed by atoms with Crippen LogP contribution in [0.1, 0.15) is 68.7 Å². The van der Waals surface area contributed by atoms with E-state index in [1.54, 1.807) is 6.07 Å². The summed E-state index contributed by atoms with van der Waals surface area (Å²) in [4.78, 5) is 0. The summed E-state index contributed by atoms with van der Waals surface area (Å²) in [6, 6.07) is 12.4. The lowest BCUT2D eigenvalue weighted by molar-refractivity contribution is 0.238. The van der Waals surface area contributed by atoms with Gasteiger partial charge in [0.05, 0.1) is 5.02 Å². The van der Waals surface area contributed by atoms with Crippen molar-refractivity contribution < 1.29 is 4.39 Å². The zero-order chi connectivity index (χ0) is 20.7. The summed E-state index contributed by atoms with van der Waals surface area (Å²) < 4.78 is 15.1. The van der Waals surface area contributed by atoms with Gasteiger partial charge in [0.1, 0.15) is 5.82 Å². The molecule has 0 unspecified atom stereocenters. The van der Waals surface area contributed by atoms with E-state index in [1.807, 2.05) is 12.1 Å². The maximum absolute atomic E-state index is 15.1. The number of hydrogen-bond donors (Lipinski definition) is 1. The molecule has 3 rings (SSSR count). The molecule has 2 aromatic rings. The van der Waals surface area contributed by atoms with Crippen molar-refractivity contribution in [2.75, 3.05) is 6.54 Å². The Hall–Kier alpha value is -1.38. The minimum atomic E-state index is -0.269. The van der Waals surface area contributed by atoms with Crippen LogP contribution in [-0.2, 0) is 5.41 Å². The summed E-state index contributed by atoms with van der Waals surface area (Å²) in [6.07, 6.45) is 1.98. The molecule has 0 amide bonds. The summed E-state index contributed by atoms with van der Waals surface area (Å²) in [6.45, 7) is 14.2. The van der Waals surface area contributed by atoms with Gasteiger partial charge in [0.15, 0.2) is 0 Å². The zero-order valence-corrected chi connectivity index (χ0v) is 18.8. The summed E-state index contributed by atoms with van der Waals surface area (Å²) in [5.74, 6) is -0.222. The first-order valence-electron chi connectivity index (χ1n) is 10.3. The highest BCUT2D eigenvalue weighted by molar-refractivity contribution is 6.30. The Bertz CT molecular complexity index is 854. The molecule has 1 N–H and O–H groups in total. The minimum Gasteiger partial charge on any atom is -0.312 e. The number of aryl methyl sites for hydroxylation is 2. The van der Waals surface area contributed by atoms with Crippen LogP contribution in [0, 0.1) is 25.1 Å². The highest BCUT2D eigenvalue weighted by Gasteiger charge is 2.52. The van der Waals surface area contributed by atoms with Crippen molar-refractivity contribution in [1.82, 2.24) is 5.32 Å². The number of benzene rings is 2. The molecule has 0 aliphatic carbocycles. The molecular formula is C25H33ClFN. The molecular weight excluding hydrogens is 369 g/mol. The summed E-state index contributed by atoms with van der Waals surface area (Å²) in [7, 11) is 0. The van der Waals surface area contributed by atoms with Gasteiger partial charge in [0.25, 0.3) is 0 Å². The predicted octanol–water partition coefficient (Wildman–Crippen LogP) is 6.94. The molecule has 0 radical (unpaired) electrons. The van der Waals surface area contributed by atoms with E-state index in [0.717, 1.165) is 24.9 Å². The van der Waals surface area contributed by atoms with Gasteiger partial charge in [-0.05, 0) is 54.9 Å². The molecule has 152 valence electrons. The molecule has 3 atom stereocenters. The fourth-order valence-corrected chi connectivity index (χ4v) is 5.49. The second-order valence-corrected chi connectivity index (χ2v) is 10.0. The van der Waals surface area contributed by atoms with Crippen LogP contribution in [0.15, 0.2) is 36.4 Å². The first-order valence-corrected chi connectivity index (χ1v) is 10.7. The first-order chi connectivity index (χ1) is 13.1. The molecule has 0 bridgehead atoms. The van der Waals surface area contributed by atoms with Crippen LogP contribution < -0.4 is 5.32 Å². The van der Waals surface area contributed by atoms with E-state index in [9.17, 15) is 0 Å². The molecule has 0 saturated carbocycles. The van der Waals surface area contributed by atoms with E-state index in [1.165, 1.54) is 16.7 Å². The van der Waals surface area contributed by atoms with Crippen molar-refractivity contribution in [3.63, 3.8) is 0 Å². The van der Waals surface area contributed by atoms with Crippen molar-refractivity contribution in [1.29, 1.82) is 0 Å². The smallest absolute Gasteiger partial charge is 0.145 e. The second-order valence-electron chi connectivity index (χ2n) is 9.63. The third kappa shape index (κ3) is 3.74. The number of halogens is 2. The van der Waals surface area contributed by atoms with Crippen molar-refractivity contribution in [2.45, 2.75) is 71.8 Å². The van der Waals surface area contributed by atoms with E-state index in [-0.39, 0.29) is 33.6 Å². The van der Waals surface area contributed by atoms with Crippen LogP contribution in [0.25, 0.3) is 0 Å². The Balaban J connectivity index is 2.23. The molecule has 0 aromatic heterocycles. The average molecular weight is 402 g/mol. The Morgan fingerprint density at radius 2 is 1.89 bits per heavy atom. The van der Waals surface area contributed by atoms with Gasteiger partial charge in [-0.3, -0.25) is 0 Å². The summed E-state index contributed by atoms with van der Waals surface area (Å²) in [5, 5.41) is 3.99. The van der Waals surface area contributed by atoms with E-state index >= 15 is 4.39 Å². The van der Waals surface area contributed by atoms with Crippen LogP contribution in [0.2, 0.25) is 5.02 Å². The molecule has 0 spiro atoms. The molecule has 1 fully saturated rings. The predicted molar refractivity (Wildman–Crippen MR) is 118 cm³/mol. The van der Waals surface area contributed by atoms with E-state index in [2.05, 4.69) is 65.1 Å². The SMILES string of the molecule is CC[C@]1(c2ccc(C)cc2C)[C@H](CC(C)(C)C)NC[C@@H]1c1cccc(Cl)c1F. The van der Waals surface area contributed by atoms with Gasteiger partial charge in [-0.1, -0.05) is 75.2 Å². The normalized spacial score (nSPS) is 25.3. The molecule has 2 aromatic carbocycles. The molecule has 1 nitrogen and oxygen atoms in total. The molecule has 28 heavy (non-hydrogen) atoms. The van der Waals surface area contributed by atoms with Gasteiger partial charge >= 0.3 is 0 Å². The van der Waals surface area contributed by atoms with Gasteiger partial charge in [0.2, 0.25) is 0 Å². The van der Waals surface area contributed by atoms with Gasteiger partial charge in [-0.2, -0.15) is 0 Å². The van der Waals surface area contributed by atoms with E-state index < -0.39 is 0 Å². The highest BCUT2D eigenvalue weighted by Crippen LogP contribution is 2.52. The summed E-state index contributed by atoms with van der Waals surface area (Å²) >= 11 is 6.17. The molecule has 1 heterocycles. The minimum absolute atomic E-state index is 0.0463. The third-order valence-electron chi connectivity index (χ3n) is 6.45. The monoisotopic (exact) mass is 401 g/mol. The van der Waals surface area contributed by atoms with Crippen LogP contribution >= 0.6 is 11.6 Å². The molecule has 1 aliphatic heterocycles. The second kappa shape index (κ2) is 7.80. The van der Waals surface area contributed by atoms with E-state index in [0.29, 0.717) is 0 Å². The van der Waals surface area contributed by atoms with Gasteiger partial charge in [-0.15, -0.1) is 0 Å². The fourth-order valence-electron chi connectivity index (χ4n) is 5.31. The third-order valence-corrected chi connectivity index (χ3v) is 6.75. The Morgan fingerprint density at radius 1 is 1.18 bits per heavy atom. The van der Waals surface area contributed by atoms with Crippen molar-refractivity contribution in [3.8, 4) is 0 Å². The lowest BCUT2D eigenvalue weighted by atomic mass is 9.61. The number of hydrogen-bond acceptors (Lipinski definition) is 1.